The first-order valence-electron chi connectivity index (χ1n) is 8.56. The summed E-state index contributed by atoms with van der Waals surface area (Å²) in [7, 11) is -1.37. The monoisotopic (exact) mass is 409 g/mol. The smallest absolute Gasteiger partial charge is 0.255 e. The fraction of sp³-hybridized carbons (Fsp3) is 0.353. The van der Waals surface area contributed by atoms with Gasteiger partial charge in [0, 0.05) is 11.7 Å². The summed E-state index contributed by atoms with van der Waals surface area (Å²) in [5.74, 6) is 0.505. The van der Waals surface area contributed by atoms with Crippen molar-refractivity contribution in [3.05, 3.63) is 40.5 Å². The first-order chi connectivity index (χ1) is 12.5. The molecule has 2 aromatic heterocycles. The number of fused-ring (bicyclic) bond motifs is 1. The van der Waals surface area contributed by atoms with Gasteiger partial charge in [-0.15, -0.1) is 0 Å². The summed E-state index contributed by atoms with van der Waals surface area (Å²) < 4.78 is 16.2. The van der Waals surface area contributed by atoms with Crippen molar-refractivity contribution >= 4 is 42.9 Å². The van der Waals surface area contributed by atoms with Gasteiger partial charge in [0.05, 0.1) is 18.7 Å². The van der Waals surface area contributed by atoms with Crippen molar-refractivity contribution in [2.45, 2.75) is 31.5 Å². The van der Waals surface area contributed by atoms with Gasteiger partial charge in [-0.05, 0) is 12.1 Å². The minimum Gasteiger partial charge on any atom is -0.372 e. The molecule has 5 nitrogen and oxygen atoms in total. The van der Waals surface area contributed by atoms with Crippen LogP contribution in [0.15, 0.2) is 24.5 Å². The number of nitrogens with one attached hydrogen (secondary N) is 1. The molecule has 0 amide bonds. The van der Waals surface area contributed by atoms with Crippen LogP contribution in [-0.4, -0.2) is 33.8 Å². The quantitative estimate of drug-likeness (QED) is 0.483. The molecular formula is C17H18Cl2FN5Si. The Labute approximate surface area is 161 Å². The first kappa shape index (κ1) is 17.7. The highest BCUT2D eigenvalue weighted by Crippen LogP contribution is 2.40. The Morgan fingerprint density at radius 1 is 1.23 bits per heavy atom. The van der Waals surface area contributed by atoms with E-state index in [0.717, 1.165) is 6.17 Å². The summed E-state index contributed by atoms with van der Waals surface area (Å²) in [5.41, 5.74) is 0.646. The number of aromatic nitrogens is 4. The number of hydrogen-bond donors (Lipinski definition) is 1. The lowest BCUT2D eigenvalue weighted by Crippen LogP contribution is -2.36. The highest BCUT2D eigenvalue weighted by atomic mass is 35.5. The Morgan fingerprint density at radius 2 is 2.00 bits per heavy atom. The normalized spacial score (nSPS) is 16.3. The molecule has 3 aromatic rings. The van der Waals surface area contributed by atoms with Crippen LogP contribution >= 0.6 is 23.2 Å². The molecule has 1 saturated heterocycles. The molecule has 3 heterocycles. The molecular weight excluding hydrogens is 392 g/mol. The Bertz CT molecular complexity index is 951. The van der Waals surface area contributed by atoms with Gasteiger partial charge < -0.3 is 5.32 Å². The molecule has 4 rings (SSSR count). The summed E-state index contributed by atoms with van der Waals surface area (Å²) in [6, 6.07) is 7.14. The fourth-order valence-corrected chi connectivity index (χ4v) is 7.56. The van der Waals surface area contributed by atoms with Crippen LogP contribution in [0, 0.1) is 5.82 Å². The lowest BCUT2D eigenvalue weighted by molar-refractivity contribution is 0.631. The van der Waals surface area contributed by atoms with Crippen molar-refractivity contribution in [3.63, 3.8) is 0 Å². The van der Waals surface area contributed by atoms with Gasteiger partial charge in [0.2, 0.25) is 0 Å². The predicted molar refractivity (Wildman–Crippen MR) is 105 cm³/mol. The molecule has 1 N–H and O–H groups in total. The van der Waals surface area contributed by atoms with E-state index in [9.17, 15) is 4.39 Å². The summed E-state index contributed by atoms with van der Waals surface area (Å²) in [6.07, 6.45) is 4.84. The second-order valence-electron chi connectivity index (χ2n) is 7.07. The SMILES string of the molecule is C[Si]1(CNc2c(-c3c(F)cccc3Cl)c(Cl)nc3ncnn23)CCCC1. The Kier molecular flexibility index (Phi) is 4.62. The molecule has 0 bridgehead atoms. The molecule has 136 valence electrons. The summed E-state index contributed by atoms with van der Waals surface area (Å²) in [6.45, 7) is 2.39. The van der Waals surface area contributed by atoms with Gasteiger partial charge >= 0.3 is 0 Å². The maximum Gasteiger partial charge on any atom is 0.255 e. The molecule has 9 heteroatoms. The predicted octanol–water partition coefficient (Wildman–Crippen LogP) is 5.06. The van der Waals surface area contributed by atoms with E-state index in [-0.39, 0.29) is 15.7 Å². The number of benzene rings is 1. The Morgan fingerprint density at radius 3 is 2.73 bits per heavy atom. The highest BCUT2D eigenvalue weighted by Gasteiger charge is 2.32. The number of rotatable bonds is 4. The zero-order valence-corrected chi connectivity index (χ0v) is 16.8. The third-order valence-electron chi connectivity index (χ3n) is 5.09. The van der Waals surface area contributed by atoms with E-state index < -0.39 is 13.9 Å². The van der Waals surface area contributed by atoms with Gasteiger partial charge in [-0.1, -0.05) is 60.7 Å². The zero-order chi connectivity index (χ0) is 18.3. The van der Waals surface area contributed by atoms with Crippen LogP contribution in [0.3, 0.4) is 0 Å². The third-order valence-corrected chi connectivity index (χ3v) is 9.83. The average Bonchev–Trinajstić information content (AvgIpc) is 3.23. The lowest BCUT2D eigenvalue weighted by Gasteiger charge is -2.24. The van der Waals surface area contributed by atoms with Crippen molar-refractivity contribution in [2.24, 2.45) is 0 Å². The number of hydrogen-bond acceptors (Lipinski definition) is 4. The van der Waals surface area contributed by atoms with E-state index in [2.05, 4.69) is 26.9 Å². The maximum absolute atomic E-state index is 14.6. The minimum absolute atomic E-state index is 0.151. The second kappa shape index (κ2) is 6.79. The van der Waals surface area contributed by atoms with Gasteiger partial charge in [0.1, 0.15) is 23.1 Å². The van der Waals surface area contributed by atoms with Crippen molar-refractivity contribution in [3.8, 4) is 11.1 Å². The molecule has 1 aliphatic heterocycles. The van der Waals surface area contributed by atoms with Crippen molar-refractivity contribution in [1.82, 2.24) is 19.6 Å². The van der Waals surface area contributed by atoms with E-state index >= 15 is 0 Å². The van der Waals surface area contributed by atoms with Gasteiger partial charge in [0.15, 0.2) is 0 Å². The average molecular weight is 410 g/mol. The standard InChI is InChI=1S/C17H18Cl2FN5Si/c1-26(7-2-3-8-26)10-22-16-14(13-11(18)5-4-6-12(13)20)15(19)24-17-21-9-23-25(16)17/h4-6,9,22H,2-3,7-8,10H2,1H3. The minimum atomic E-state index is -1.37. The van der Waals surface area contributed by atoms with Crippen LogP contribution in [0.25, 0.3) is 16.9 Å². The molecule has 0 unspecified atom stereocenters. The Hall–Kier alpha value is -1.70. The molecule has 0 atom stereocenters. The summed E-state index contributed by atoms with van der Waals surface area (Å²) in [5, 5.41) is 8.17. The zero-order valence-electron chi connectivity index (χ0n) is 14.3. The molecule has 0 aliphatic carbocycles. The number of halogens is 3. The van der Waals surface area contributed by atoms with Crippen molar-refractivity contribution in [1.29, 1.82) is 0 Å². The van der Waals surface area contributed by atoms with E-state index in [1.807, 2.05) is 0 Å². The van der Waals surface area contributed by atoms with E-state index in [1.165, 1.54) is 37.3 Å². The van der Waals surface area contributed by atoms with E-state index in [1.54, 1.807) is 16.6 Å². The number of anilines is 1. The topological polar surface area (TPSA) is 55.1 Å². The molecule has 0 spiro atoms. The molecule has 1 fully saturated rings. The number of nitrogens with zero attached hydrogens (tertiary/aromatic N) is 4. The summed E-state index contributed by atoms with van der Waals surface area (Å²) >= 11 is 12.7. The van der Waals surface area contributed by atoms with Crippen LogP contribution in [0.5, 0.6) is 0 Å². The van der Waals surface area contributed by atoms with Crippen LogP contribution in [-0.2, 0) is 0 Å². The van der Waals surface area contributed by atoms with Crippen LogP contribution in [0.2, 0.25) is 28.8 Å². The third kappa shape index (κ3) is 3.08. The largest absolute Gasteiger partial charge is 0.372 e. The van der Waals surface area contributed by atoms with Crippen LogP contribution < -0.4 is 5.32 Å². The van der Waals surface area contributed by atoms with Gasteiger partial charge in [-0.3, -0.25) is 0 Å². The van der Waals surface area contributed by atoms with Crippen LogP contribution in [0.4, 0.5) is 10.2 Å². The highest BCUT2D eigenvalue weighted by molar-refractivity contribution is 6.79. The molecule has 0 radical (unpaired) electrons. The van der Waals surface area contributed by atoms with Gasteiger partial charge in [0.25, 0.3) is 5.78 Å². The van der Waals surface area contributed by atoms with Crippen molar-refractivity contribution < 1.29 is 4.39 Å². The fourth-order valence-electron chi connectivity index (χ4n) is 3.64. The molecule has 26 heavy (non-hydrogen) atoms. The Balaban J connectivity index is 1.87. The van der Waals surface area contributed by atoms with E-state index in [4.69, 9.17) is 23.2 Å². The van der Waals surface area contributed by atoms with Gasteiger partial charge in [-0.2, -0.15) is 19.6 Å². The van der Waals surface area contributed by atoms with Gasteiger partial charge in [-0.25, -0.2) is 4.39 Å². The first-order valence-corrected chi connectivity index (χ1v) is 12.4. The van der Waals surface area contributed by atoms with Crippen LogP contribution in [0.1, 0.15) is 12.8 Å². The van der Waals surface area contributed by atoms with E-state index in [0.29, 0.717) is 17.2 Å². The molecule has 0 saturated carbocycles. The second-order valence-corrected chi connectivity index (χ2v) is 12.8. The lowest BCUT2D eigenvalue weighted by atomic mass is 10.1. The summed E-state index contributed by atoms with van der Waals surface area (Å²) in [4.78, 5) is 8.37. The van der Waals surface area contributed by atoms with Crippen molar-refractivity contribution in [2.75, 3.05) is 11.5 Å². The molecule has 1 aromatic carbocycles. The molecule has 1 aliphatic rings. The maximum atomic E-state index is 14.6.